The first-order valence-electron chi connectivity index (χ1n) is 17.2. The Kier molecular flexibility index (Phi) is 6.57. The summed E-state index contributed by atoms with van der Waals surface area (Å²) < 4.78 is 0. The van der Waals surface area contributed by atoms with Crippen molar-refractivity contribution in [2.24, 2.45) is 0 Å². The van der Waals surface area contributed by atoms with Crippen molar-refractivity contribution in [2.45, 2.75) is 0 Å². The zero-order valence-corrected chi connectivity index (χ0v) is 27.3. The molecular formula is C49H31N. The quantitative estimate of drug-likeness (QED) is 0.139. The maximum Gasteiger partial charge on any atom is 0.0714 e. The molecule has 1 heteroatoms. The van der Waals surface area contributed by atoms with Gasteiger partial charge in [-0.3, -0.25) is 4.98 Å². The summed E-state index contributed by atoms with van der Waals surface area (Å²) in [5.41, 5.74) is 9.54. The van der Waals surface area contributed by atoms with E-state index in [0.29, 0.717) is 0 Å². The van der Waals surface area contributed by atoms with Gasteiger partial charge < -0.3 is 0 Å². The summed E-state index contributed by atoms with van der Waals surface area (Å²) in [4.78, 5) is 4.76. The molecule has 9 aromatic carbocycles. The molecule has 0 bridgehead atoms. The summed E-state index contributed by atoms with van der Waals surface area (Å²) in [6, 6.07) is 66.2. The monoisotopic (exact) mass is 633 g/mol. The maximum absolute atomic E-state index is 4.76. The summed E-state index contributed by atoms with van der Waals surface area (Å²) in [5, 5.41) is 12.6. The van der Waals surface area contributed by atoms with E-state index in [4.69, 9.17) is 4.98 Å². The van der Waals surface area contributed by atoms with Crippen molar-refractivity contribution < 1.29 is 0 Å². The predicted octanol–water partition coefficient (Wildman–Crippen LogP) is 13.5. The molecule has 0 fully saturated rings. The van der Waals surface area contributed by atoms with Crippen LogP contribution < -0.4 is 0 Å². The zero-order chi connectivity index (χ0) is 33.0. The van der Waals surface area contributed by atoms with Crippen LogP contribution in [0.15, 0.2) is 188 Å². The highest BCUT2D eigenvalue weighted by Crippen LogP contribution is 2.43. The van der Waals surface area contributed by atoms with E-state index in [0.717, 1.165) is 5.69 Å². The number of fused-ring (bicyclic) bond motifs is 6. The molecule has 1 aromatic heterocycles. The Morgan fingerprint density at radius 1 is 0.280 bits per heavy atom. The van der Waals surface area contributed by atoms with Crippen LogP contribution in [0, 0.1) is 0 Å². The molecule has 0 aliphatic carbocycles. The molecular weight excluding hydrogens is 603 g/mol. The second-order valence-corrected chi connectivity index (χ2v) is 13.1. The number of nitrogens with zero attached hydrogens (tertiary/aromatic N) is 1. The number of rotatable bonds is 4. The fourth-order valence-corrected chi connectivity index (χ4v) is 7.93. The van der Waals surface area contributed by atoms with Crippen molar-refractivity contribution in [2.75, 3.05) is 0 Å². The molecule has 1 heterocycles. The van der Waals surface area contributed by atoms with Gasteiger partial charge in [0.2, 0.25) is 0 Å². The van der Waals surface area contributed by atoms with Crippen molar-refractivity contribution in [3.63, 3.8) is 0 Å². The molecule has 0 saturated heterocycles. The zero-order valence-electron chi connectivity index (χ0n) is 27.3. The minimum Gasteiger partial charge on any atom is -0.256 e. The summed E-state index contributed by atoms with van der Waals surface area (Å²) in [7, 11) is 0. The van der Waals surface area contributed by atoms with E-state index in [1.54, 1.807) is 0 Å². The van der Waals surface area contributed by atoms with Crippen molar-refractivity contribution in [1.82, 2.24) is 4.98 Å². The number of aromatic nitrogens is 1. The molecule has 10 rings (SSSR count). The van der Waals surface area contributed by atoms with Crippen LogP contribution in [-0.2, 0) is 0 Å². The fourth-order valence-electron chi connectivity index (χ4n) is 7.93. The van der Waals surface area contributed by atoms with Crippen molar-refractivity contribution in [1.29, 1.82) is 0 Å². The van der Waals surface area contributed by atoms with Crippen molar-refractivity contribution in [3.8, 4) is 44.6 Å². The molecule has 0 unspecified atom stereocenters. The smallest absolute Gasteiger partial charge is 0.0714 e. The van der Waals surface area contributed by atoms with E-state index in [1.807, 2.05) is 12.3 Å². The first kappa shape index (κ1) is 28.4. The Bertz CT molecular complexity index is 2830. The van der Waals surface area contributed by atoms with Gasteiger partial charge in [0.15, 0.2) is 0 Å². The lowest BCUT2D eigenvalue weighted by Crippen LogP contribution is -1.92. The van der Waals surface area contributed by atoms with Crippen LogP contribution in [-0.4, -0.2) is 4.98 Å². The third kappa shape index (κ3) is 4.59. The number of pyridine rings is 1. The van der Waals surface area contributed by atoms with Gasteiger partial charge in [0.25, 0.3) is 0 Å². The number of hydrogen-bond donors (Lipinski definition) is 0. The molecule has 0 amide bonds. The molecule has 0 aliphatic heterocycles. The standard InChI is InChI=1S/C49H31N/c1-2-11-37-31-46-38(30-36(37)10-1)27-28-41-39(16-9-17-40(41)46)34-23-19-32(20-24-34)33-21-25-35(26-22-33)48-42-12-3-5-14-44(42)49(47-18-7-8-29-50-47)45-15-6-4-13-43(45)48/h1-31H. The SMILES string of the molecule is c1ccc(-c2c3ccccc3c(-c3ccc(-c4ccc(-c5cccc6c5ccc5cc7ccccc7cc56)cc4)cc3)c3ccccc23)nc1. The van der Waals surface area contributed by atoms with Crippen LogP contribution in [0.1, 0.15) is 0 Å². The lowest BCUT2D eigenvalue weighted by Gasteiger charge is -2.17. The largest absolute Gasteiger partial charge is 0.256 e. The predicted molar refractivity (Wildman–Crippen MR) is 214 cm³/mol. The van der Waals surface area contributed by atoms with Gasteiger partial charge >= 0.3 is 0 Å². The molecule has 0 radical (unpaired) electrons. The van der Waals surface area contributed by atoms with Crippen LogP contribution in [0.2, 0.25) is 0 Å². The van der Waals surface area contributed by atoms with E-state index in [-0.39, 0.29) is 0 Å². The summed E-state index contributed by atoms with van der Waals surface area (Å²) in [5.74, 6) is 0. The van der Waals surface area contributed by atoms with E-state index in [9.17, 15) is 0 Å². The van der Waals surface area contributed by atoms with E-state index in [2.05, 4.69) is 176 Å². The van der Waals surface area contributed by atoms with Crippen LogP contribution in [0.25, 0.3) is 98.5 Å². The molecule has 50 heavy (non-hydrogen) atoms. The lowest BCUT2D eigenvalue weighted by molar-refractivity contribution is 1.34. The van der Waals surface area contributed by atoms with E-state index in [1.165, 1.54) is 92.8 Å². The maximum atomic E-state index is 4.76. The Hall–Kier alpha value is -6.57. The normalized spacial score (nSPS) is 11.6. The fraction of sp³-hybridized carbons (Fsp3) is 0. The molecule has 232 valence electrons. The number of hydrogen-bond acceptors (Lipinski definition) is 1. The third-order valence-corrected chi connectivity index (χ3v) is 10.3. The molecule has 1 nitrogen and oxygen atoms in total. The Balaban J connectivity index is 1.03. The average Bonchev–Trinajstić information content (AvgIpc) is 3.19. The molecule has 10 aromatic rings. The highest BCUT2D eigenvalue weighted by atomic mass is 14.7. The van der Waals surface area contributed by atoms with Gasteiger partial charge in [-0.2, -0.15) is 0 Å². The summed E-state index contributed by atoms with van der Waals surface area (Å²) >= 11 is 0. The molecule has 0 aliphatic rings. The van der Waals surface area contributed by atoms with Crippen LogP contribution in [0.3, 0.4) is 0 Å². The van der Waals surface area contributed by atoms with Crippen LogP contribution in [0.5, 0.6) is 0 Å². The second kappa shape index (κ2) is 11.5. The van der Waals surface area contributed by atoms with Crippen LogP contribution >= 0.6 is 0 Å². The van der Waals surface area contributed by atoms with Gasteiger partial charge in [0.05, 0.1) is 5.69 Å². The van der Waals surface area contributed by atoms with Gasteiger partial charge in [0, 0.05) is 11.8 Å². The van der Waals surface area contributed by atoms with Gasteiger partial charge in [-0.15, -0.1) is 0 Å². The molecule has 0 saturated carbocycles. The van der Waals surface area contributed by atoms with Gasteiger partial charge in [0.1, 0.15) is 0 Å². The van der Waals surface area contributed by atoms with Gasteiger partial charge in [-0.25, -0.2) is 0 Å². The van der Waals surface area contributed by atoms with Gasteiger partial charge in [-0.05, 0) is 112 Å². The Morgan fingerprint density at radius 2 is 0.820 bits per heavy atom. The van der Waals surface area contributed by atoms with Crippen molar-refractivity contribution >= 4 is 53.9 Å². The molecule has 0 N–H and O–H groups in total. The van der Waals surface area contributed by atoms with Crippen molar-refractivity contribution in [3.05, 3.63) is 188 Å². The van der Waals surface area contributed by atoms with E-state index >= 15 is 0 Å². The van der Waals surface area contributed by atoms with E-state index < -0.39 is 0 Å². The average molecular weight is 634 g/mol. The first-order chi connectivity index (χ1) is 24.8. The van der Waals surface area contributed by atoms with Crippen LogP contribution in [0.4, 0.5) is 0 Å². The highest BCUT2D eigenvalue weighted by Gasteiger charge is 2.17. The third-order valence-electron chi connectivity index (χ3n) is 10.3. The Labute approximate surface area is 290 Å². The molecule has 0 spiro atoms. The van der Waals surface area contributed by atoms with Gasteiger partial charge in [-0.1, -0.05) is 158 Å². The summed E-state index contributed by atoms with van der Waals surface area (Å²) in [6.45, 7) is 0. The Morgan fingerprint density at radius 3 is 1.46 bits per heavy atom. The first-order valence-corrected chi connectivity index (χ1v) is 17.2. The summed E-state index contributed by atoms with van der Waals surface area (Å²) in [6.07, 6.45) is 1.88. The topological polar surface area (TPSA) is 12.9 Å². The second-order valence-electron chi connectivity index (χ2n) is 13.1. The minimum atomic E-state index is 0.996. The lowest BCUT2D eigenvalue weighted by atomic mass is 9.87. The molecule has 0 atom stereocenters. The minimum absolute atomic E-state index is 0.996. The highest BCUT2D eigenvalue weighted by molar-refractivity contribution is 6.21. The number of benzene rings is 9.